The van der Waals surface area contributed by atoms with E-state index in [4.69, 9.17) is 4.74 Å². The number of Topliss-reactive ketones (excluding diaryl/α,β-unsaturated/α-hetero) is 1. The van der Waals surface area contributed by atoms with Crippen LogP contribution in [0.2, 0.25) is 0 Å². The number of ether oxygens (including phenoxy) is 1. The summed E-state index contributed by atoms with van der Waals surface area (Å²) in [5.74, 6) is 1.03. The van der Waals surface area contributed by atoms with Gasteiger partial charge in [-0.05, 0) is 75.5 Å². The Morgan fingerprint density at radius 1 is 1.21 bits per heavy atom. The normalized spacial score (nSPS) is 47.4. The van der Waals surface area contributed by atoms with Crippen molar-refractivity contribution >= 4 is 11.8 Å². The van der Waals surface area contributed by atoms with Crippen molar-refractivity contribution in [2.75, 3.05) is 0 Å². The predicted octanol–water partition coefficient (Wildman–Crippen LogP) is 3.98. The van der Waals surface area contributed by atoms with Gasteiger partial charge in [0, 0.05) is 17.8 Å². The van der Waals surface area contributed by atoms with Gasteiger partial charge >= 0.3 is 5.97 Å². The second-order valence-electron chi connectivity index (χ2n) is 10.6. The Bertz CT molecular complexity index is 729. The smallest absolute Gasteiger partial charge is 0.332 e. The van der Waals surface area contributed by atoms with Gasteiger partial charge in [0.05, 0.1) is 12.2 Å². The monoisotopic (exact) mass is 404 g/mol. The Kier molecular flexibility index (Phi) is 5.22. The minimum Gasteiger partial charge on any atom is -0.479 e. The molecule has 3 fully saturated rings. The quantitative estimate of drug-likeness (QED) is 0.693. The number of carboxylic acids is 1. The van der Waals surface area contributed by atoms with Gasteiger partial charge in [-0.25, -0.2) is 4.79 Å². The van der Waals surface area contributed by atoms with Crippen molar-refractivity contribution in [3.8, 4) is 0 Å². The average Bonchev–Trinajstić information content (AvgIpc) is 3.00. The molecule has 29 heavy (non-hydrogen) atoms. The van der Waals surface area contributed by atoms with Crippen LogP contribution in [0.1, 0.15) is 72.6 Å². The molecule has 0 aliphatic heterocycles. The molecular formula is C24H36O5. The van der Waals surface area contributed by atoms with Gasteiger partial charge in [-0.1, -0.05) is 25.5 Å². The van der Waals surface area contributed by atoms with E-state index in [1.54, 1.807) is 13.8 Å². The topological polar surface area (TPSA) is 83.8 Å². The molecule has 0 saturated heterocycles. The first-order valence-electron chi connectivity index (χ1n) is 11.3. The second kappa shape index (κ2) is 7.19. The molecule has 4 aliphatic rings. The molecule has 0 bridgehead atoms. The lowest BCUT2D eigenvalue weighted by molar-refractivity contribution is -0.172. The number of rotatable bonds is 4. The van der Waals surface area contributed by atoms with Crippen LogP contribution in [-0.2, 0) is 14.3 Å². The fourth-order valence-electron chi connectivity index (χ4n) is 7.84. The molecule has 5 heteroatoms. The van der Waals surface area contributed by atoms with Crippen LogP contribution in [0.4, 0.5) is 0 Å². The Balaban J connectivity index is 1.68. The van der Waals surface area contributed by atoms with E-state index in [9.17, 15) is 19.8 Å². The van der Waals surface area contributed by atoms with Crippen molar-refractivity contribution in [3.63, 3.8) is 0 Å². The summed E-state index contributed by atoms with van der Waals surface area (Å²) in [4.78, 5) is 23.8. The summed E-state index contributed by atoms with van der Waals surface area (Å²) in [7, 11) is 0. The van der Waals surface area contributed by atoms with E-state index in [1.807, 2.05) is 0 Å². The van der Waals surface area contributed by atoms with Gasteiger partial charge in [-0.3, -0.25) is 4.79 Å². The lowest BCUT2D eigenvalue weighted by Crippen LogP contribution is -2.57. The number of allylic oxidation sites excluding steroid dienone is 1. The maximum absolute atomic E-state index is 12.3. The highest BCUT2D eigenvalue weighted by Gasteiger charge is 2.61. The van der Waals surface area contributed by atoms with E-state index in [-0.39, 0.29) is 22.9 Å². The zero-order chi connectivity index (χ0) is 21.1. The maximum Gasteiger partial charge on any atom is 0.332 e. The molecule has 2 N–H and O–H groups in total. The number of aliphatic hydroxyl groups excluding tert-OH is 1. The molecule has 4 rings (SSSR count). The minimum absolute atomic E-state index is 0.0909. The summed E-state index contributed by atoms with van der Waals surface area (Å²) in [6.45, 7) is 7.92. The Morgan fingerprint density at radius 3 is 2.59 bits per heavy atom. The standard InChI is InChI=1S/C24H36O5/c1-13(25)18-7-8-19-17-6-5-15-11-16(26)12-21(29-14(2)22(27)28)24(15,4)20(17)9-10-23(18,19)3/h5,14,16-21,26H,6-12H2,1-4H3,(H,27,28)/t14?,16-,17?,18+,19?,20?,21?,23+,24-/m0/s1. The van der Waals surface area contributed by atoms with Crippen molar-refractivity contribution in [1.29, 1.82) is 0 Å². The first-order chi connectivity index (χ1) is 13.6. The number of ketones is 1. The first kappa shape index (κ1) is 21.0. The molecule has 162 valence electrons. The summed E-state index contributed by atoms with van der Waals surface area (Å²) in [6, 6.07) is 0. The van der Waals surface area contributed by atoms with Crippen LogP contribution < -0.4 is 0 Å². The van der Waals surface area contributed by atoms with Crippen molar-refractivity contribution in [2.24, 2.45) is 34.5 Å². The van der Waals surface area contributed by atoms with Crippen molar-refractivity contribution in [2.45, 2.75) is 91.0 Å². The van der Waals surface area contributed by atoms with Gasteiger partial charge in [0.1, 0.15) is 5.78 Å². The Morgan fingerprint density at radius 2 is 1.93 bits per heavy atom. The number of fused-ring (bicyclic) bond motifs is 5. The molecular weight excluding hydrogens is 368 g/mol. The Labute approximate surface area is 173 Å². The fourth-order valence-corrected chi connectivity index (χ4v) is 7.84. The second-order valence-corrected chi connectivity index (χ2v) is 10.6. The molecule has 0 amide bonds. The highest BCUT2D eigenvalue weighted by molar-refractivity contribution is 5.79. The zero-order valence-electron chi connectivity index (χ0n) is 18.2. The number of carbonyl (C=O) groups is 2. The van der Waals surface area contributed by atoms with E-state index >= 15 is 0 Å². The van der Waals surface area contributed by atoms with Crippen LogP contribution >= 0.6 is 0 Å². The van der Waals surface area contributed by atoms with E-state index < -0.39 is 18.2 Å². The van der Waals surface area contributed by atoms with Gasteiger partial charge in [-0.2, -0.15) is 0 Å². The molecule has 0 aromatic heterocycles. The van der Waals surface area contributed by atoms with Gasteiger partial charge in [0.15, 0.2) is 6.10 Å². The summed E-state index contributed by atoms with van der Waals surface area (Å²) in [5, 5.41) is 19.9. The Hall–Kier alpha value is -1.20. The van der Waals surface area contributed by atoms with Crippen LogP contribution in [0.3, 0.4) is 0 Å². The molecule has 0 spiro atoms. The maximum atomic E-state index is 12.3. The van der Waals surface area contributed by atoms with Crippen molar-refractivity contribution in [3.05, 3.63) is 11.6 Å². The molecule has 5 nitrogen and oxygen atoms in total. The molecule has 0 heterocycles. The number of carboxylic acid groups (broad SMARTS) is 1. The van der Waals surface area contributed by atoms with Gasteiger partial charge in [0.2, 0.25) is 0 Å². The highest BCUT2D eigenvalue weighted by Crippen LogP contribution is 2.66. The third-order valence-electron chi connectivity index (χ3n) is 9.35. The largest absolute Gasteiger partial charge is 0.479 e. The van der Waals surface area contributed by atoms with E-state index in [0.29, 0.717) is 36.4 Å². The van der Waals surface area contributed by atoms with Crippen molar-refractivity contribution in [1.82, 2.24) is 0 Å². The predicted molar refractivity (Wildman–Crippen MR) is 109 cm³/mol. The number of aliphatic carboxylic acids is 1. The number of aliphatic hydroxyl groups is 1. The molecule has 3 saturated carbocycles. The van der Waals surface area contributed by atoms with E-state index in [2.05, 4.69) is 19.9 Å². The third-order valence-corrected chi connectivity index (χ3v) is 9.35. The van der Waals surface area contributed by atoms with E-state index in [1.165, 1.54) is 5.57 Å². The van der Waals surface area contributed by atoms with Crippen LogP contribution in [0.25, 0.3) is 0 Å². The third kappa shape index (κ3) is 3.11. The van der Waals surface area contributed by atoms with Gasteiger partial charge in [0.25, 0.3) is 0 Å². The van der Waals surface area contributed by atoms with Crippen LogP contribution in [-0.4, -0.2) is 40.3 Å². The average molecular weight is 405 g/mol. The van der Waals surface area contributed by atoms with Crippen molar-refractivity contribution < 1.29 is 24.5 Å². The van der Waals surface area contributed by atoms with Gasteiger partial charge < -0.3 is 14.9 Å². The lowest BCUT2D eigenvalue weighted by Gasteiger charge is -2.60. The van der Waals surface area contributed by atoms with Gasteiger partial charge in [-0.15, -0.1) is 0 Å². The molecule has 9 atom stereocenters. The summed E-state index contributed by atoms with van der Waals surface area (Å²) in [6.07, 6.45) is 7.06. The molecule has 0 radical (unpaired) electrons. The number of carbonyl (C=O) groups excluding carboxylic acids is 1. The number of hydrogen-bond acceptors (Lipinski definition) is 4. The molecule has 4 aliphatic carbocycles. The molecule has 5 unspecified atom stereocenters. The van der Waals surface area contributed by atoms with E-state index in [0.717, 1.165) is 32.1 Å². The van der Waals surface area contributed by atoms with Crippen LogP contribution in [0.5, 0.6) is 0 Å². The molecule has 0 aromatic carbocycles. The van der Waals surface area contributed by atoms with Crippen LogP contribution in [0.15, 0.2) is 11.6 Å². The summed E-state index contributed by atoms with van der Waals surface area (Å²) in [5.41, 5.74) is 1.11. The first-order valence-corrected chi connectivity index (χ1v) is 11.3. The minimum atomic E-state index is -0.956. The fraction of sp³-hybridized carbons (Fsp3) is 0.833. The SMILES string of the molecule is CC(=O)[C@H]1CCC2C3CC=C4C[C@H](O)CC(OC(C)C(=O)O)[C@]4(C)C3CC[C@@]21C. The number of hydrogen-bond donors (Lipinski definition) is 2. The summed E-state index contributed by atoms with van der Waals surface area (Å²) >= 11 is 0. The lowest BCUT2D eigenvalue weighted by atomic mass is 9.46. The van der Waals surface area contributed by atoms with Crippen LogP contribution in [0, 0.1) is 34.5 Å². The zero-order valence-corrected chi connectivity index (χ0v) is 18.2. The highest BCUT2D eigenvalue weighted by atomic mass is 16.5. The summed E-state index contributed by atoms with van der Waals surface area (Å²) < 4.78 is 6.09. The molecule has 0 aromatic rings.